The average Bonchev–Trinajstić information content (AvgIpc) is 2.41. The smallest absolute Gasteiger partial charge is 0.124 e. The van der Waals surface area contributed by atoms with Gasteiger partial charge in [-0.05, 0) is 55.3 Å². The van der Waals surface area contributed by atoms with E-state index in [4.69, 9.17) is 0 Å². The van der Waals surface area contributed by atoms with Gasteiger partial charge in [-0.3, -0.25) is 0 Å². The molecular formula is C17H25BrFN. The molecule has 0 radical (unpaired) electrons. The monoisotopic (exact) mass is 341 g/mol. The summed E-state index contributed by atoms with van der Waals surface area (Å²) in [5.41, 5.74) is 1.21. The van der Waals surface area contributed by atoms with Crippen LogP contribution in [0.4, 0.5) is 4.39 Å². The molecule has 1 aromatic rings. The fourth-order valence-electron chi connectivity index (χ4n) is 3.37. The first kappa shape index (κ1) is 16.0. The van der Waals surface area contributed by atoms with E-state index in [1.165, 1.54) is 31.2 Å². The molecule has 0 amide bonds. The number of benzene rings is 1. The number of halogens is 2. The molecule has 1 saturated carbocycles. The molecule has 1 aromatic carbocycles. The van der Waals surface area contributed by atoms with Crippen LogP contribution < -0.4 is 5.32 Å². The Morgan fingerprint density at radius 2 is 2.20 bits per heavy atom. The van der Waals surface area contributed by atoms with Gasteiger partial charge in [0, 0.05) is 10.5 Å². The highest BCUT2D eigenvalue weighted by molar-refractivity contribution is 9.10. The number of rotatable bonds is 5. The van der Waals surface area contributed by atoms with E-state index in [0.717, 1.165) is 23.4 Å². The van der Waals surface area contributed by atoms with Crippen LogP contribution in [0.3, 0.4) is 0 Å². The molecule has 0 heterocycles. The van der Waals surface area contributed by atoms with Crippen LogP contribution in [0.5, 0.6) is 0 Å². The highest BCUT2D eigenvalue weighted by atomic mass is 79.9. The first-order chi connectivity index (χ1) is 9.61. The summed E-state index contributed by atoms with van der Waals surface area (Å²) in [5, 5.41) is 3.68. The van der Waals surface area contributed by atoms with E-state index in [1.54, 1.807) is 12.1 Å². The molecule has 1 aliphatic rings. The molecule has 1 aliphatic carbocycles. The first-order valence-corrected chi connectivity index (χ1v) is 8.59. The Labute approximate surface area is 130 Å². The van der Waals surface area contributed by atoms with E-state index in [2.05, 4.69) is 35.1 Å². The topological polar surface area (TPSA) is 12.0 Å². The summed E-state index contributed by atoms with van der Waals surface area (Å²) in [5.74, 6) is 1.29. The molecule has 0 spiro atoms. The third kappa shape index (κ3) is 4.05. The molecule has 3 unspecified atom stereocenters. The molecule has 1 nitrogen and oxygen atoms in total. The van der Waals surface area contributed by atoms with Crippen molar-refractivity contribution in [1.82, 2.24) is 5.32 Å². The van der Waals surface area contributed by atoms with Crippen LogP contribution in [-0.2, 0) is 0 Å². The quantitative estimate of drug-likeness (QED) is 0.750. The van der Waals surface area contributed by atoms with Crippen molar-refractivity contribution in [2.75, 3.05) is 6.54 Å². The van der Waals surface area contributed by atoms with Crippen LogP contribution in [0, 0.1) is 17.7 Å². The maximum atomic E-state index is 13.3. The summed E-state index contributed by atoms with van der Waals surface area (Å²) in [6, 6.07) is 5.44. The largest absolute Gasteiger partial charge is 0.310 e. The molecule has 3 atom stereocenters. The Morgan fingerprint density at radius 1 is 1.40 bits per heavy atom. The number of nitrogens with one attached hydrogen (secondary N) is 1. The second-order valence-corrected chi connectivity index (χ2v) is 6.98. The third-order valence-corrected chi connectivity index (χ3v) is 5.05. The SMILES string of the molecule is CCCNC(c1ccc(F)cc1Br)C1CCCC(C)C1. The maximum Gasteiger partial charge on any atom is 0.124 e. The van der Waals surface area contributed by atoms with Crippen LogP contribution in [0.1, 0.15) is 57.6 Å². The Balaban J connectivity index is 2.21. The van der Waals surface area contributed by atoms with Gasteiger partial charge >= 0.3 is 0 Å². The van der Waals surface area contributed by atoms with E-state index >= 15 is 0 Å². The van der Waals surface area contributed by atoms with Gasteiger partial charge in [0.15, 0.2) is 0 Å². The Bertz CT molecular complexity index is 435. The average molecular weight is 342 g/mol. The van der Waals surface area contributed by atoms with Crippen LogP contribution in [0.2, 0.25) is 0 Å². The van der Waals surface area contributed by atoms with E-state index in [1.807, 2.05) is 6.07 Å². The van der Waals surface area contributed by atoms with Crippen LogP contribution >= 0.6 is 15.9 Å². The van der Waals surface area contributed by atoms with E-state index in [-0.39, 0.29) is 5.82 Å². The lowest BCUT2D eigenvalue weighted by Gasteiger charge is -2.34. The lowest BCUT2D eigenvalue weighted by Crippen LogP contribution is -2.32. The van der Waals surface area contributed by atoms with Crippen molar-refractivity contribution in [1.29, 1.82) is 0 Å². The summed E-state index contributed by atoms with van der Waals surface area (Å²) in [6.07, 6.45) is 6.33. The van der Waals surface area contributed by atoms with Gasteiger partial charge in [0.05, 0.1) is 0 Å². The van der Waals surface area contributed by atoms with Crippen LogP contribution in [-0.4, -0.2) is 6.54 Å². The summed E-state index contributed by atoms with van der Waals surface area (Å²) in [7, 11) is 0. The maximum absolute atomic E-state index is 13.3. The van der Waals surface area contributed by atoms with Crippen LogP contribution in [0.15, 0.2) is 22.7 Å². The lowest BCUT2D eigenvalue weighted by molar-refractivity contribution is 0.223. The molecule has 1 fully saturated rings. The molecular weight excluding hydrogens is 317 g/mol. The molecule has 0 bridgehead atoms. The number of hydrogen-bond acceptors (Lipinski definition) is 1. The van der Waals surface area contributed by atoms with Crippen molar-refractivity contribution in [2.24, 2.45) is 11.8 Å². The Hall–Kier alpha value is -0.410. The van der Waals surface area contributed by atoms with Crippen molar-refractivity contribution in [3.05, 3.63) is 34.1 Å². The normalized spacial score (nSPS) is 24.6. The summed E-state index contributed by atoms with van der Waals surface area (Å²) in [6.45, 7) is 5.55. The van der Waals surface area contributed by atoms with Gasteiger partial charge < -0.3 is 5.32 Å². The van der Waals surface area contributed by atoms with E-state index in [0.29, 0.717) is 12.0 Å². The minimum atomic E-state index is -0.174. The summed E-state index contributed by atoms with van der Waals surface area (Å²) < 4.78 is 14.2. The minimum Gasteiger partial charge on any atom is -0.310 e. The minimum absolute atomic E-state index is 0.174. The zero-order chi connectivity index (χ0) is 14.5. The van der Waals surface area contributed by atoms with Gasteiger partial charge in [0.25, 0.3) is 0 Å². The zero-order valence-corrected chi connectivity index (χ0v) is 14.0. The second kappa shape index (κ2) is 7.56. The number of hydrogen-bond donors (Lipinski definition) is 1. The molecule has 0 saturated heterocycles. The second-order valence-electron chi connectivity index (χ2n) is 6.13. The molecule has 0 aliphatic heterocycles. The van der Waals surface area contributed by atoms with Crippen molar-refractivity contribution >= 4 is 15.9 Å². The van der Waals surface area contributed by atoms with Crippen molar-refractivity contribution < 1.29 is 4.39 Å². The highest BCUT2D eigenvalue weighted by Crippen LogP contribution is 2.39. The molecule has 2 rings (SSSR count). The summed E-state index contributed by atoms with van der Waals surface area (Å²) in [4.78, 5) is 0. The third-order valence-electron chi connectivity index (χ3n) is 4.36. The van der Waals surface area contributed by atoms with E-state index < -0.39 is 0 Å². The lowest BCUT2D eigenvalue weighted by atomic mass is 9.76. The fraction of sp³-hybridized carbons (Fsp3) is 0.647. The molecule has 1 N–H and O–H groups in total. The standard InChI is InChI=1S/C17H25BrFN/c1-3-9-20-17(13-6-4-5-12(2)10-13)15-8-7-14(19)11-16(15)18/h7-8,11-13,17,20H,3-6,9-10H2,1-2H3. The van der Waals surface area contributed by atoms with Crippen molar-refractivity contribution in [3.8, 4) is 0 Å². The van der Waals surface area contributed by atoms with Crippen molar-refractivity contribution in [3.63, 3.8) is 0 Å². The van der Waals surface area contributed by atoms with Gasteiger partial charge in [-0.25, -0.2) is 4.39 Å². The molecule has 0 aromatic heterocycles. The van der Waals surface area contributed by atoms with Gasteiger partial charge in [0.2, 0.25) is 0 Å². The highest BCUT2D eigenvalue weighted by Gasteiger charge is 2.28. The first-order valence-electron chi connectivity index (χ1n) is 7.80. The van der Waals surface area contributed by atoms with Gasteiger partial charge in [0.1, 0.15) is 5.82 Å². The van der Waals surface area contributed by atoms with Gasteiger partial charge in [-0.2, -0.15) is 0 Å². The molecule has 20 heavy (non-hydrogen) atoms. The zero-order valence-electron chi connectivity index (χ0n) is 12.5. The Kier molecular flexibility index (Phi) is 6.03. The molecule has 3 heteroatoms. The Morgan fingerprint density at radius 3 is 2.85 bits per heavy atom. The van der Waals surface area contributed by atoms with E-state index in [9.17, 15) is 4.39 Å². The van der Waals surface area contributed by atoms with Gasteiger partial charge in [-0.15, -0.1) is 0 Å². The van der Waals surface area contributed by atoms with Crippen LogP contribution in [0.25, 0.3) is 0 Å². The fourth-order valence-corrected chi connectivity index (χ4v) is 3.97. The summed E-state index contributed by atoms with van der Waals surface area (Å²) >= 11 is 3.54. The predicted molar refractivity (Wildman–Crippen MR) is 86.3 cm³/mol. The van der Waals surface area contributed by atoms with Crippen molar-refractivity contribution in [2.45, 2.75) is 52.0 Å². The van der Waals surface area contributed by atoms with Gasteiger partial charge in [-0.1, -0.05) is 48.7 Å². The molecule has 112 valence electrons. The predicted octanol–water partition coefficient (Wildman–Crippen LogP) is 5.46.